The first-order valence-corrected chi connectivity index (χ1v) is 8.13. The van der Waals surface area contributed by atoms with E-state index in [0.29, 0.717) is 16.7 Å². The maximum absolute atomic E-state index is 10.3. The van der Waals surface area contributed by atoms with Gasteiger partial charge >= 0.3 is 0 Å². The van der Waals surface area contributed by atoms with Gasteiger partial charge in [0.15, 0.2) is 0 Å². The van der Waals surface area contributed by atoms with E-state index in [2.05, 4.69) is 20.8 Å². The van der Waals surface area contributed by atoms with Gasteiger partial charge in [0, 0.05) is 0 Å². The van der Waals surface area contributed by atoms with E-state index in [1.807, 2.05) is 0 Å². The van der Waals surface area contributed by atoms with Crippen molar-refractivity contribution in [3.8, 4) is 0 Å². The highest BCUT2D eigenvalue weighted by molar-refractivity contribution is 5.05. The van der Waals surface area contributed by atoms with E-state index in [0.717, 1.165) is 18.3 Å². The second kappa shape index (κ2) is 4.23. The fourth-order valence-electron chi connectivity index (χ4n) is 6.14. The van der Waals surface area contributed by atoms with Crippen molar-refractivity contribution in [3.63, 3.8) is 0 Å². The minimum atomic E-state index is 0.00608. The Morgan fingerprint density at radius 3 is 2.44 bits per heavy atom. The van der Waals surface area contributed by atoms with Gasteiger partial charge in [-0.25, -0.2) is 0 Å². The summed E-state index contributed by atoms with van der Waals surface area (Å²) in [6, 6.07) is 0. The van der Waals surface area contributed by atoms with Crippen LogP contribution in [0.25, 0.3) is 0 Å². The zero-order valence-corrected chi connectivity index (χ0v) is 12.4. The van der Waals surface area contributed by atoms with Gasteiger partial charge in [-0.1, -0.05) is 33.6 Å². The van der Waals surface area contributed by atoms with Gasteiger partial charge in [0.25, 0.3) is 0 Å². The summed E-state index contributed by atoms with van der Waals surface area (Å²) < 4.78 is 0. The summed E-state index contributed by atoms with van der Waals surface area (Å²) in [6.07, 6.45) is 10.6. The van der Waals surface area contributed by atoms with Crippen molar-refractivity contribution in [1.82, 2.24) is 0 Å². The summed E-state index contributed by atoms with van der Waals surface area (Å²) in [5, 5.41) is 10.3. The average Bonchev–Trinajstić information content (AvgIpc) is 2.29. The summed E-state index contributed by atoms with van der Waals surface area (Å²) in [5.41, 5.74) is 1.05. The zero-order chi connectivity index (χ0) is 13.0. The second-order valence-corrected chi connectivity index (χ2v) is 8.25. The Bertz CT molecular complexity index is 322. The molecule has 3 rings (SSSR count). The van der Waals surface area contributed by atoms with E-state index < -0.39 is 0 Å². The topological polar surface area (TPSA) is 20.2 Å². The Morgan fingerprint density at radius 1 is 0.889 bits per heavy atom. The number of hydrogen-bond acceptors (Lipinski definition) is 1. The van der Waals surface area contributed by atoms with Crippen LogP contribution in [0.3, 0.4) is 0 Å². The Labute approximate surface area is 112 Å². The van der Waals surface area contributed by atoms with Gasteiger partial charge in [0.1, 0.15) is 0 Å². The van der Waals surface area contributed by atoms with Crippen molar-refractivity contribution < 1.29 is 5.11 Å². The lowest BCUT2D eigenvalue weighted by Gasteiger charge is -2.61. The van der Waals surface area contributed by atoms with Gasteiger partial charge in [-0.2, -0.15) is 0 Å². The third-order valence-electron chi connectivity index (χ3n) is 6.94. The van der Waals surface area contributed by atoms with Crippen molar-refractivity contribution in [2.45, 2.75) is 78.2 Å². The van der Waals surface area contributed by atoms with Gasteiger partial charge in [-0.3, -0.25) is 0 Å². The minimum absolute atomic E-state index is 0.00608. The fourth-order valence-corrected chi connectivity index (χ4v) is 6.14. The number of fused-ring (bicyclic) bond motifs is 3. The largest absolute Gasteiger partial charge is 0.393 e. The lowest BCUT2D eigenvalue weighted by atomic mass is 9.44. The van der Waals surface area contributed by atoms with Crippen LogP contribution in [0.1, 0.15) is 72.1 Å². The molecule has 1 heteroatoms. The molecule has 0 bridgehead atoms. The molecule has 0 aromatic heterocycles. The summed E-state index contributed by atoms with van der Waals surface area (Å²) in [4.78, 5) is 0. The molecule has 18 heavy (non-hydrogen) atoms. The lowest BCUT2D eigenvalue weighted by molar-refractivity contribution is -0.137. The highest BCUT2D eigenvalue weighted by atomic mass is 16.3. The van der Waals surface area contributed by atoms with Crippen molar-refractivity contribution in [1.29, 1.82) is 0 Å². The first-order valence-electron chi connectivity index (χ1n) is 8.13. The van der Waals surface area contributed by atoms with Crippen molar-refractivity contribution in [2.24, 2.45) is 28.6 Å². The number of rotatable bonds is 0. The smallest absolute Gasteiger partial charge is 0.0571 e. The molecule has 3 fully saturated rings. The van der Waals surface area contributed by atoms with Gasteiger partial charge in [0.2, 0.25) is 0 Å². The summed E-state index contributed by atoms with van der Waals surface area (Å²) in [6.45, 7) is 7.55. The fraction of sp³-hybridized carbons (Fsp3) is 1.00. The molecule has 0 aliphatic heterocycles. The molecule has 3 saturated carbocycles. The van der Waals surface area contributed by atoms with Crippen molar-refractivity contribution in [3.05, 3.63) is 0 Å². The Kier molecular flexibility index (Phi) is 3.05. The molecule has 1 N–H and O–H groups in total. The number of aliphatic hydroxyl groups excluding tert-OH is 1. The highest BCUT2D eigenvalue weighted by Crippen LogP contribution is 2.63. The van der Waals surface area contributed by atoms with E-state index >= 15 is 0 Å². The average molecular weight is 250 g/mol. The number of hydrogen-bond donors (Lipinski definition) is 1. The van der Waals surface area contributed by atoms with E-state index in [1.54, 1.807) is 0 Å². The van der Waals surface area contributed by atoms with Gasteiger partial charge in [-0.15, -0.1) is 0 Å². The van der Waals surface area contributed by atoms with E-state index in [-0.39, 0.29) is 6.10 Å². The molecule has 0 amide bonds. The molecule has 104 valence electrons. The third kappa shape index (κ3) is 1.77. The second-order valence-electron chi connectivity index (χ2n) is 8.25. The third-order valence-corrected chi connectivity index (χ3v) is 6.94. The van der Waals surface area contributed by atoms with Crippen LogP contribution >= 0.6 is 0 Å². The minimum Gasteiger partial charge on any atom is -0.393 e. The molecule has 1 nitrogen and oxygen atoms in total. The number of aliphatic hydroxyl groups is 1. The van der Waals surface area contributed by atoms with Crippen LogP contribution in [-0.2, 0) is 0 Å². The van der Waals surface area contributed by atoms with Crippen LogP contribution in [0.4, 0.5) is 0 Å². The van der Waals surface area contributed by atoms with Gasteiger partial charge in [-0.05, 0) is 67.1 Å². The molecule has 0 saturated heterocycles. The Morgan fingerprint density at radius 2 is 1.67 bits per heavy atom. The van der Waals surface area contributed by atoms with Crippen LogP contribution in [0, 0.1) is 28.6 Å². The van der Waals surface area contributed by atoms with Crippen molar-refractivity contribution >= 4 is 0 Å². The normalized spacial score (nSPS) is 51.3. The quantitative estimate of drug-likeness (QED) is 0.676. The van der Waals surface area contributed by atoms with Crippen molar-refractivity contribution in [2.75, 3.05) is 0 Å². The van der Waals surface area contributed by atoms with Crippen LogP contribution in [0.2, 0.25) is 0 Å². The molecule has 0 aromatic carbocycles. The molecule has 0 radical (unpaired) electrons. The molecule has 0 aromatic rings. The molecule has 3 aliphatic rings. The zero-order valence-electron chi connectivity index (χ0n) is 12.4. The highest BCUT2D eigenvalue weighted by Gasteiger charge is 2.55. The molecule has 0 heterocycles. The van der Waals surface area contributed by atoms with Gasteiger partial charge < -0.3 is 5.11 Å². The van der Waals surface area contributed by atoms with E-state index in [4.69, 9.17) is 0 Å². The van der Waals surface area contributed by atoms with Crippen LogP contribution in [0.5, 0.6) is 0 Å². The lowest BCUT2D eigenvalue weighted by Crippen LogP contribution is -2.54. The van der Waals surface area contributed by atoms with Crippen LogP contribution in [0.15, 0.2) is 0 Å². The molecule has 5 unspecified atom stereocenters. The summed E-state index contributed by atoms with van der Waals surface area (Å²) in [5.74, 6) is 2.32. The molecular weight excluding hydrogens is 220 g/mol. The first-order chi connectivity index (χ1) is 8.45. The summed E-state index contributed by atoms with van der Waals surface area (Å²) >= 11 is 0. The molecule has 3 aliphatic carbocycles. The van der Waals surface area contributed by atoms with Gasteiger partial charge in [0.05, 0.1) is 6.10 Å². The predicted octanol–water partition coefficient (Wildman–Crippen LogP) is 4.39. The van der Waals surface area contributed by atoms with Crippen LogP contribution < -0.4 is 0 Å². The Balaban J connectivity index is 1.92. The maximum Gasteiger partial charge on any atom is 0.0571 e. The summed E-state index contributed by atoms with van der Waals surface area (Å²) in [7, 11) is 0. The monoisotopic (exact) mass is 250 g/mol. The molecule has 5 atom stereocenters. The van der Waals surface area contributed by atoms with E-state index in [1.165, 1.54) is 44.9 Å². The maximum atomic E-state index is 10.3. The Hall–Kier alpha value is -0.0400. The van der Waals surface area contributed by atoms with E-state index in [9.17, 15) is 5.11 Å². The molecule has 0 spiro atoms. The van der Waals surface area contributed by atoms with Crippen LogP contribution in [-0.4, -0.2) is 11.2 Å². The predicted molar refractivity (Wildman–Crippen MR) is 75.3 cm³/mol. The first kappa shape index (κ1) is 13.0. The standard InChI is InChI=1S/C17H30O/c1-16(2)10-5-11-17(3)13-6-4-7-14(18)12(13)8-9-15(16)17/h12-15,18H,4-11H2,1-3H3. The molecular formula is C17H30O. The SMILES string of the molecule is CC1(C)CCCC2(C)C3CCCC(O)C3CCC12.